The van der Waals surface area contributed by atoms with Crippen LogP contribution in [0.4, 0.5) is 4.39 Å². The lowest BCUT2D eigenvalue weighted by atomic mass is 10.2. The molecule has 0 unspecified atom stereocenters. The second-order valence-corrected chi connectivity index (χ2v) is 8.70. The summed E-state index contributed by atoms with van der Waals surface area (Å²) in [5, 5.41) is 12.0. The van der Waals surface area contributed by atoms with E-state index in [1.165, 1.54) is 17.8 Å². The highest BCUT2D eigenvalue weighted by Crippen LogP contribution is 2.29. The Bertz CT molecular complexity index is 1040. The molecule has 1 N–H and O–H groups in total. The normalized spacial score (nSPS) is 14.3. The Morgan fingerprint density at radius 2 is 1.79 bits per heavy atom. The molecule has 7 nitrogen and oxygen atoms in total. The van der Waals surface area contributed by atoms with Crippen LogP contribution < -0.4 is 5.32 Å². The number of carbonyl (C=O) groups is 1. The summed E-state index contributed by atoms with van der Waals surface area (Å²) in [4.78, 5) is 14.8. The second-order valence-electron chi connectivity index (χ2n) is 7.76. The van der Waals surface area contributed by atoms with Gasteiger partial charge < -0.3 is 10.1 Å². The Kier molecular flexibility index (Phi) is 8.46. The monoisotopic (exact) mass is 469 g/mol. The van der Waals surface area contributed by atoms with Crippen molar-refractivity contribution < 1.29 is 13.9 Å². The number of thioether (sulfide) groups is 1. The third kappa shape index (κ3) is 6.40. The van der Waals surface area contributed by atoms with E-state index in [4.69, 9.17) is 4.74 Å². The van der Waals surface area contributed by atoms with Crippen molar-refractivity contribution in [1.29, 1.82) is 0 Å². The number of amides is 1. The molecule has 1 saturated heterocycles. The first-order valence-electron chi connectivity index (χ1n) is 11.2. The van der Waals surface area contributed by atoms with Crippen molar-refractivity contribution in [3.05, 3.63) is 60.4 Å². The van der Waals surface area contributed by atoms with Gasteiger partial charge in [0.2, 0.25) is 5.91 Å². The molecule has 0 radical (unpaired) electrons. The molecule has 33 heavy (non-hydrogen) atoms. The van der Waals surface area contributed by atoms with E-state index in [0.29, 0.717) is 23.1 Å². The quantitative estimate of drug-likeness (QED) is 0.363. The van der Waals surface area contributed by atoms with Gasteiger partial charge in [0, 0.05) is 25.3 Å². The average Bonchev–Trinajstić information content (AvgIpc) is 3.28. The van der Waals surface area contributed by atoms with Crippen molar-refractivity contribution in [2.24, 2.45) is 0 Å². The van der Waals surface area contributed by atoms with E-state index < -0.39 is 0 Å². The molecule has 0 atom stereocenters. The van der Waals surface area contributed by atoms with E-state index in [2.05, 4.69) is 20.4 Å². The van der Waals surface area contributed by atoms with Gasteiger partial charge in [0.15, 0.2) is 11.0 Å². The molecule has 4 rings (SSSR count). The number of aromatic nitrogens is 3. The lowest BCUT2D eigenvalue weighted by Gasteiger charge is -2.26. The maximum atomic E-state index is 14.5. The van der Waals surface area contributed by atoms with Crippen LogP contribution in [0, 0.1) is 5.82 Å². The fraction of sp³-hybridized carbons (Fsp3) is 0.375. The third-order valence-corrected chi connectivity index (χ3v) is 6.35. The average molecular weight is 470 g/mol. The Morgan fingerprint density at radius 3 is 2.58 bits per heavy atom. The van der Waals surface area contributed by atoms with Crippen LogP contribution in [0.3, 0.4) is 0 Å². The molecule has 0 spiro atoms. The number of nitrogens with zero attached hydrogens (tertiary/aromatic N) is 4. The van der Waals surface area contributed by atoms with E-state index in [0.717, 1.165) is 51.4 Å². The van der Waals surface area contributed by atoms with Crippen LogP contribution in [0.25, 0.3) is 17.1 Å². The minimum Gasteiger partial charge on any atom is -0.379 e. The van der Waals surface area contributed by atoms with Gasteiger partial charge in [0.25, 0.3) is 0 Å². The SMILES string of the molecule is O=C(CSc1nnc(-c2ccccc2F)n1-c1ccccc1)NCCCCN1CCOCC1. The largest absolute Gasteiger partial charge is 0.379 e. The number of unbranched alkanes of at least 4 members (excludes halogenated alkanes) is 1. The number of rotatable bonds is 10. The van der Waals surface area contributed by atoms with Gasteiger partial charge in [-0.05, 0) is 43.7 Å². The van der Waals surface area contributed by atoms with Gasteiger partial charge in [0.05, 0.1) is 24.5 Å². The molecule has 1 aliphatic heterocycles. The maximum Gasteiger partial charge on any atom is 0.230 e. The second kappa shape index (κ2) is 11.9. The van der Waals surface area contributed by atoms with Crippen molar-refractivity contribution in [3.8, 4) is 17.1 Å². The van der Waals surface area contributed by atoms with E-state index in [1.807, 2.05) is 30.3 Å². The number of para-hydroxylation sites is 1. The Hall–Kier alpha value is -2.75. The number of benzene rings is 2. The summed E-state index contributed by atoms with van der Waals surface area (Å²) in [5.74, 6) is 0.200. The number of hydrogen-bond donors (Lipinski definition) is 1. The lowest BCUT2D eigenvalue weighted by molar-refractivity contribution is -0.118. The Labute approximate surface area is 197 Å². The molecule has 0 aliphatic carbocycles. The predicted octanol–water partition coefficient (Wildman–Crippen LogP) is 3.39. The van der Waals surface area contributed by atoms with Crippen molar-refractivity contribution in [2.45, 2.75) is 18.0 Å². The first-order valence-corrected chi connectivity index (χ1v) is 12.2. The standard InChI is InChI=1S/C24H28FN5O2S/c25-21-11-5-4-10-20(21)23-27-28-24(30(23)19-8-2-1-3-9-19)33-18-22(31)26-12-6-7-13-29-14-16-32-17-15-29/h1-5,8-11H,6-7,12-18H2,(H,26,31). The van der Waals surface area contributed by atoms with Crippen LogP contribution in [-0.2, 0) is 9.53 Å². The zero-order valence-corrected chi connectivity index (χ0v) is 19.3. The Morgan fingerprint density at radius 1 is 1.03 bits per heavy atom. The smallest absolute Gasteiger partial charge is 0.230 e. The summed E-state index contributed by atoms with van der Waals surface area (Å²) in [6, 6.07) is 16.0. The van der Waals surface area contributed by atoms with Gasteiger partial charge in [-0.2, -0.15) is 0 Å². The summed E-state index contributed by atoms with van der Waals surface area (Å²) in [6.45, 7) is 5.27. The number of ether oxygens (including phenoxy) is 1. The summed E-state index contributed by atoms with van der Waals surface area (Å²) in [5.41, 5.74) is 1.18. The van der Waals surface area contributed by atoms with Crippen molar-refractivity contribution in [2.75, 3.05) is 45.1 Å². The minimum atomic E-state index is -0.367. The molecule has 1 amide bonds. The molecule has 2 aromatic carbocycles. The molecule has 9 heteroatoms. The van der Waals surface area contributed by atoms with E-state index in [9.17, 15) is 9.18 Å². The summed E-state index contributed by atoms with van der Waals surface area (Å²) >= 11 is 1.29. The number of morpholine rings is 1. The highest BCUT2D eigenvalue weighted by atomic mass is 32.2. The maximum absolute atomic E-state index is 14.5. The number of nitrogens with one attached hydrogen (secondary N) is 1. The van der Waals surface area contributed by atoms with Gasteiger partial charge in [0.1, 0.15) is 5.82 Å². The topological polar surface area (TPSA) is 72.3 Å². The van der Waals surface area contributed by atoms with Gasteiger partial charge >= 0.3 is 0 Å². The van der Waals surface area contributed by atoms with Gasteiger partial charge in [-0.3, -0.25) is 14.3 Å². The van der Waals surface area contributed by atoms with Crippen molar-refractivity contribution in [3.63, 3.8) is 0 Å². The van der Waals surface area contributed by atoms with Gasteiger partial charge in [-0.25, -0.2) is 4.39 Å². The van der Waals surface area contributed by atoms with Crippen molar-refractivity contribution >= 4 is 17.7 Å². The molecule has 0 saturated carbocycles. The van der Waals surface area contributed by atoms with Crippen LogP contribution in [0.1, 0.15) is 12.8 Å². The van der Waals surface area contributed by atoms with Crippen LogP contribution in [-0.4, -0.2) is 70.7 Å². The van der Waals surface area contributed by atoms with Crippen molar-refractivity contribution in [1.82, 2.24) is 25.0 Å². The molecule has 1 aliphatic rings. The zero-order valence-electron chi connectivity index (χ0n) is 18.5. The number of halogens is 1. The first-order chi connectivity index (χ1) is 16.2. The molecule has 0 bridgehead atoms. The van der Waals surface area contributed by atoms with E-state index in [-0.39, 0.29) is 17.5 Å². The van der Waals surface area contributed by atoms with E-state index in [1.54, 1.807) is 22.8 Å². The highest BCUT2D eigenvalue weighted by molar-refractivity contribution is 7.99. The van der Waals surface area contributed by atoms with Gasteiger partial charge in [-0.15, -0.1) is 10.2 Å². The summed E-state index contributed by atoms with van der Waals surface area (Å²) in [6.07, 6.45) is 1.98. The molecular formula is C24H28FN5O2S. The molecule has 1 aromatic heterocycles. The van der Waals surface area contributed by atoms with E-state index >= 15 is 0 Å². The fourth-order valence-electron chi connectivity index (χ4n) is 3.68. The molecule has 2 heterocycles. The third-order valence-electron chi connectivity index (χ3n) is 5.42. The summed E-state index contributed by atoms with van der Waals surface area (Å²) < 4.78 is 21.6. The number of hydrogen-bond acceptors (Lipinski definition) is 6. The lowest BCUT2D eigenvalue weighted by Crippen LogP contribution is -2.37. The molecule has 1 fully saturated rings. The predicted molar refractivity (Wildman–Crippen MR) is 127 cm³/mol. The van der Waals surface area contributed by atoms with Crippen LogP contribution in [0.15, 0.2) is 59.8 Å². The first kappa shape index (κ1) is 23.4. The fourth-order valence-corrected chi connectivity index (χ4v) is 4.47. The zero-order chi connectivity index (χ0) is 22.9. The van der Waals surface area contributed by atoms with Crippen LogP contribution in [0.2, 0.25) is 0 Å². The highest BCUT2D eigenvalue weighted by Gasteiger charge is 2.19. The molecule has 3 aromatic rings. The molecular weight excluding hydrogens is 441 g/mol. The van der Waals surface area contributed by atoms with Crippen LogP contribution in [0.5, 0.6) is 0 Å². The summed E-state index contributed by atoms with van der Waals surface area (Å²) in [7, 11) is 0. The molecule has 174 valence electrons. The van der Waals surface area contributed by atoms with Crippen LogP contribution >= 0.6 is 11.8 Å². The minimum absolute atomic E-state index is 0.0542. The number of carbonyl (C=O) groups excluding carboxylic acids is 1. The van der Waals surface area contributed by atoms with Gasteiger partial charge in [-0.1, -0.05) is 42.1 Å². The Balaban J connectivity index is 1.34.